The summed E-state index contributed by atoms with van der Waals surface area (Å²) < 4.78 is 48.6. The first kappa shape index (κ1) is 24.4. The number of amides is 1. The van der Waals surface area contributed by atoms with E-state index in [9.17, 15) is 23.1 Å². The maximum absolute atomic E-state index is 12.5. The Morgan fingerprint density at radius 2 is 1.85 bits per heavy atom. The first-order valence-corrected chi connectivity index (χ1v) is 10.3. The van der Waals surface area contributed by atoms with Crippen molar-refractivity contribution in [3.8, 4) is 16.9 Å². The zero-order valence-electron chi connectivity index (χ0n) is 18.8. The summed E-state index contributed by atoms with van der Waals surface area (Å²) in [4.78, 5) is 16.6. The number of ether oxygens (including phenoxy) is 2. The van der Waals surface area contributed by atoms with Gasteiger partial charge in [0.1, 0.15) is 11.4 Å². The zero-order chi connectivity index (χ0) is 24.4. The third-order valence-corrected chi connectivity index (χ3v) is 4.77. The normalized spacial score (nSPS) is 12.1. The highest BCUT2D eigenvalue weighted by Gasteiger charge is 2.31. The molecule has 0 aliphatic heterocycles. The van der Waals surface area contributed by atoms with Crippen molar-refractivity contribution >= 4 is 17.1 Å². The molecule has 3 aromatic rings. The third kappa shape index (κ3) is 6.16. The summed E-state index contributed by atoms with van der Waals surface area (Å²) in [6, 6.07) is 7.32. The van der Waals surface area contributed by atoms with E-state index in [1.807, 2.05) is 17.7 Å². The van der Waals surface area contributed by atoms with Gasteiger partial charge >= 0.3 is 12.5 Å². The standard InChI is InChI=1S/C23H26F3N3O4/c1-22(2,3)33-21(31)27-12-15-11-18(14-5-7-16(8-6-14)32-23(24,25)26)19-20(17(15)9-10-30)29(4)13-28-19/h5-8,11,13,30H,9-10,12H2,1-4H3,(H,27,31). The molecule has 0 saturated carbocycles. The number of aryl methyl sites for hydroxylation is 1. The van der Waals surface area contributed by atoms with Crippen LogP contribution in [0.2, 0.25) is 0 Å². The molecular weight excluding hydrogens is 439 g/mol. The molecule has 0 spiro atoms. The van der Waals surface area contributed by atoms with Crippen LogP contribution in [-0.4, -0.2) is 39.3 Å². The van der Waals surface area contributed by atoms with Crippen molar-refractivity contribution in [1.82, 2.24) is 14.9 Å². The van der Waals surface area contributed by atoms with Gasteiger partial charge in [-0.25, -0.2) is 9.78 Å². The van der Waals surface area contributed by atoms with Crippen LogP contribution in [0.25, 0.3) is 22.2 Å². The number of carbonyl (C=O) groups excluding carboxylic acids is 1. The van der Waals surface area contributed by atoms with Crippen LogP contribution in [-0.2, 0) is 24.8 Å². The summed E-state index contributed by atoms with van der Waals surface area (Å²) in [5.74, 6) is -0.327. The minimum absolute atomic E-state index is 0.109. The molecule has 1 aromatic heterocycles. The molecule has 0 atom stereocenters. The molecule has 0 aliphatic carbocycles. The Labute approximate surface area is 189 Å². The van der Waals surface area contributed by atoms with Crippen molar-refractivity contribution in [2.75, 3.05) is 6.61 Å². The van der Waals surface area contributed by atoms with E-state index >= 15 is 0 Å². The number of nitrogens with one attached hydrogen (secondary N) is 1. The van der Waals surface area contributed by atoms with Gasteiger partial charge in [-0.3, -0.25) is 0 Å². The summed E-state index contributed by atoms with van der Waals surface area (Å²) in [6.45, 7) is 5.30. The number of fused-ring (bicyclic) bond motifs is 1. The van der Waals surface area contributed by atoms with E-state index in [0.29, 0.717) is 23.1 Å². The molecule has 33 heavy (non-hydrogen) atoms. The van der Waals surface area contributed by atoms with Gasteiger partial charge in [-0.15, -0.1) is 13.2 Å². The lowest BCUT2D eigenvalue weighted by molar-refractivity contribution is -0.274. The van der Waals surface area contributed by atoms with Crippen molar-refractivity contribution in [1.29, 1.82) is 0 Å². The fraction of sp³-hybridized carbons (Fsp3) is 0.391. The molecule has 0 unspecified atom stereocenters. The summed E-state index contributed by atoms with van der Waals surface area (Å²) in [7, 11) is 1.81. The number of benzene rings is 2. The predicted octanol–water partition coefficient (Wildman–Crippen LogP) is 4.70. The molecule has 2 N–H and O–H groups in total. The van der Waals surface area contributed by atoms with Gasteiger partial charge in [0.25, 0.3) is 0 Å². The topological polar surface area (TPSA) is 85.6 Å². The number of alkyl carbamates (subject to hydrolysis) is 1. The number of alkyl halides is 3. The number of nitrogens with zero attached hydrogens (tertiary/aromatic N) is 2. The van der Waals surface area contributed by atoms with Gasteiger partial charge in [-0.1, -0.05) is 12.1 Å². The minimum atomic E-state index is -4.78. The highest BCUT2D eigenvalue weighted by Crippen LogP contribution is 2.34. The Morgan fingerprint density at radius 3 is 2.42 bits per heavy atom. The highest BCUT2D eigenvalue weighted by atomic mass is 19.4. The molecule has 7 nitrogen and oxygen atoms in total. The molecule has 178 valence electrons. The van der Waals surface area contributed by atoms with E-state index in [0.717, 1.165) is 16.6 Å². The Hall–Kier alpha value is -3.27. The number of halogens is 3. The smallest absolute Gasteiger partial charge is 0.444 e. The number of aliphatic hydroxyl groups excluding tert-OH is 1. The third-order valence-electron chi connectivity index (χ3n) is 4.77. The minimum Gasteiger partial charge on any atom is -0.444 e. The van der Waals surface area contributed by atoms with Crippen LogP contribution >= 0.6 is 0 Å². The monoisotopic (exact) mass is 465 g/mol. The SMILES string of the molecule is Cn1cnc2c(-c3ccc(OC(F)(F)F)cc3)cc(CNC(=O)OC(C)(C)C)c(CCO)c21. The average Bonchev–Trinajstić information content (AvgIpc) is 3.07. The Kier molecular flexibility index (Phi) is 6.87. The second kappa shape index (κ2) is 9.30. The van der Waals surface area contributed by atoms with Crippen LogP contribution in [0.4, 0.5) is 18.0 Å². The van der Waals surface area contributed by atoms with E-state index in [-0.39, 0.29) is 18.9 Å². The molecule has 0 radical (unpaired) electrons. The Morgan fingerprint density at radius 1 is 1.18 bits per heavy atom. The summed E-state index contributed by atoms with van der Waals surface area (Å²) in [5.41, 5.74) is 3.58. The number of rotatable bonds is 6. The first-order valence-electron chi connectivity index (χ1n) is 10.3. The van der Waals surface area contributed by atoms with Crippen molar-refractivity contribution in [3.63, 3.8) is 0 Å². The molecule has 10 heteroatoms. The lowest BCUT2D eigenvalue weighted by Gasteiger charge is -2.20. The number of aliphatic hydroxyl groups is 1. The summed E-state index contributed by atoms with van der Waals surface area (Å²) in [6.07, 6.45) is -3.40. The lowest BCUT2D eigenvalue weighted by atomic mass is 9.95. The Bertz CT molecular complexity index is 1130. The van der Waals surface area contributed by atoms with E-state index in [1.54, 1.807) is 27.1 Å². The van der Waals surface area contributed by atoms with Gasteiger partial charge in [0.15, 0.2) is 0 Å². The van der Waals surface area contributed by atoms with Gasteiger partial charge in [0, 0.05) is 25.8 Å². The average molecular weight is 465 g/mol. The summed E-state index contributed by atoms with van der Waals surface area (Å²) in [5, 5.41) is 12.4. The fourth-order valence-electron chi connectivity index (χ4n) is 3.55. The highest BCUT2D eigenvalue weighted by molar-refractivity contribution is 5.95. The zero-order valence-corrected chi connectivity index (χ0v) is 18.8. The number of aromatic nitrogens is 2. The lowest BCUT2D eigenvalue weighted by Crippen LogP contribution is -2.32. The van der Waals surface area contributed by atoms with Crippen molar-refractivity contribution in [3.05, 3.63) is 47.8 Å². The molecule has 0 bridgehead atoms. The van der Waals surface area contributed by atoms with Crippen LogP contribution in [0.5, 0.6) is 5.75 Å². The molecule has 0 fully saturated rings. The van der Waals surface area contributed by atoms with Crippen molar-refractivity contribution in [2.45, 2.75) is 45.7 Å². The van der Waals surface area contributed by atoms with Gasteiger partial charge < -0.3 is 24.5 Å². The van der Waals surface area contributed by atoms with Crippen LogP contribution in [0.3, 0.4) is 0 Å². The quantitative estimate of drug-likeness (QED) is 0.551. The largest absolute Gasteiger partial charge is 0.573 e. The second-order valence-corrected chi connectivity index (χ2v) is 8.52. The number of hydrogen-bond donors (Lipinski definition) is 2. The maximum atomic E-state index is 12.5. The van der Waals surface area contributed by atoms with Crippen LogP contribution in [0, 0.1) is 0 Å². The van der Waals surface area contributed by atoms with E-state index in [1.165, 1.54) is 24.3 Å². The first-order chi connectivity index (χ1) is 15.4. The molecule has 1 heterocycles. The van der Waals surface area contributed by atoms with Crippen LogP contribution in [0.15, 0.2) is 36.7 Å². The predicted molar refractivity (Wildman–Crippen MR) is 117 cm³/mol. The summed E-state index contributed by atoms with van der Waals surface area (Å²) >= 11 is 0. The van der Waals surface area contributed by atoms with Gasteiger partial charge in [-0.2, -0.15) is 0 Å². The molecule has 0 aliphatic rings. The van der Waals surface area contributed by atoms with Gasteiger partial charge in [0.05, 0.1) is 17.4 Å². The van der Waals surface area contributed by atoms with E-state index in [2.05, 4.69) is 15.0 Å². The number of hydrogen-bond acceptors (Lipinski definition) is 5. The second-order valence-electron chi connectivity index (χ2n) is 8.52. The Balaban J connectivity index is 2.03. The van der Waals surface area contributed by atoms with Gasteiger partial charge in [0.2, 0.25) is 0 Å². The maximum Gasteiger partial charge on any atom is 0.573 e. The molecule has 1 amide bonds. The number of imidazole rings is 1. The molecule has 0 saturated heterocycles. The van der Waals surface area contributed by atoms with Crippen LogP contribution < -0.4 is 10.1 Å². The fourth-order valence-corrected chi connectivity index (χ4v) is 3.55. The molecule has 2 aromatic carbocycles. The van der Waals surface area contributed by atoms with Gasteiger partial charge in [-0.05, 0) is 62.1 Å². The van der Waals surface area contributed by atoms with Crippen molar-refractivity contribution < 1.29 is 32.5 Å². The number of carbonyl (C=O) groups is 1. The van der Waals surface area contributed by atoms with E-state index < -0.39 is 18.1 Å². The molecular formula is C23H26F3N3O4. The molecule has 3 rings (SSSR count). The van der Waals surface area contributed by atoms with Crippen LogP contribution in [0.1, 0.15) is 31.9 Å². The van der Waals surface area contributed by atoms with Crippen molar-refractivity contribution in [2.24, 2.45) is 7.05 Å². The van der Waals surface area contributed by atoms with E-state index in [4.69, 9.17) is 4.74 Å².